The summed E-state index contributed by atoms with van der Waals surface area (Å²) in [6, 6.07) is 6.30. The molecule has 1 saturated heterocycles. The van der Waals surface area contributed by atoms with Crippen molar-refractivity contribution in [2.45, 2.75) is 76.2 Å². The molecule has 0 radical (unpaired) electrons. The van der Waals surface area contributed by atoms with Gasteiger partial charge in [-0.25, -0.2) is 13.1 Å². The summed E-state index contributed by atoms with van der Waals surface area (Å²) in [6.45, 7) is 7.03. The van der Waals surface area contributed by atoms with Crippen molar-refractivity contribution in [3.63, 3.8) is 0 Å². The van der Waals surface area contributed by atoms with Crippen LogP contribution in [0.5, 0.6) is 0 Å². The Labute approximate surface area is 163 Å². The standard InChI is InChI=1S/C21H32N2O3S/c1-20(2,3)22-27(25,26)18-9-7-17(8-10-18)19(24)23-15-13-21(14-16-23)11-5-4-6-12-21/h7-10,22H,4-6,11-16H2,1-3H3. The molecule has 2 fully saturated rings. The molecule has 1 aromatic rings. The van der Waals surface area contributed by atoms with Gasteiger partial charge in [0.1, 0.15) is 0 Å². The van der Waals surface area contributed by atoms with E-state index in [9.17, 15) is 13.2 Å². The maximum atomic E-state index is 12.8. The van der Waals surface area contributed by atoms with Crippen LogP contribution in [0.2, 0.25) is 0 Å². The van der Waals surface area contributed by atoms with Crippen molar-refractivity contribution < 1.29 is 13.2 Å². The average Bonchev–Trinajstić information content (AvgIpc) is 2.61. The van der Waals surface area contributed by atoms with E-state index in [2.05, 4.69) is 4.72 Å². The highest BCUT2D eigenvalue weighted by Gasteiger charge is 2.36. The molecule has 1 heterocycles. The summed E-state index contributed by atoms with van der Waals surface area (Å²) in [7, 11) is -3.58. The number of carbonyl (C=O) groups is 1. The Balaban J connectivity index is 1.64. The van der Waals surface area contributed by atoms with Gasteiger partial charge >= 0.3 is 0 Å². The summed E-state index contributed by atoms with van der Waals surface area (Å²) < 4.78 is 27.4. The Bertz CT molecular complexity index is 763. The fourth-order valence-electron chi connectivity index (χ4n) is 4.41. The smallest absolute Gasteiger partial charge is 0.253 e. The average molecular weight is 393 g/mol. The highest BCUT2D eigenvalue weighted by Crippen LogP contribution is 2.44. The Hall–Kier alpha value is -1.40. The number of benzene rings is 1. The number of rotatable bonds is 3. The molecular formula is C21H32N2O3S. The summed E-state index contributed by atoms with van der Waals surface area (Å²) >= 11 is 0. The zero-order valence-corrected chi connectivity index (χ0v) is 17.6. The molecule has 27 heavy (non-hydrogen) atoms. The van der Waals surface area contributed by atoms with Gasteiger partial charge in [0.15, 0.2) is 0 Å². The molecule has 0 unspecified atom stereocenters. The summed E-state index contributed by atoms with van der Waals surface area (Å²) in [6.07, 6.45) is 8.81. The van der Waals surface area contributed by atoms with Gasteiger partial charge in [-0.05, 0) is 76.1 Å². The Morgan fingerprint density at radius 2 is 1.52 bits per heavy atom. The topological polar surface area (TPSA) is 66.5 Å². The van der Waals surface area contributed by atoms with Crippen molar-refractivity contribution in [3.8, 4) is 0 Å². The molecule has 1 N–H and O–H groups in total. The van der Waals surface area contributed by atoms with Gasteiger partial charge in [0, 0.05) is 24.2 Å². The predicted molar refractivity (Wildman–Crippen MR) is 107 cm³/mol. The number of carbonyl (C=O) groups excluding carboxylic acids is 1. The highest BCUT2D eigenvalue weighted by atomic mass is 32.2. The number of likely N-dealkylation sites (tertiary alicyclic amines) is 1. The lowest BCUT2D eigenvalue weighted by Gasteiger charge is -2.44. The van der Waals surface area contributed by atoms with Crippen LogP contribution in [0.4, 0.5) is 0 Å². The molecule has 150 valence electrons. The lowest BCUT2D eigenvalue weighted by Crippen LogP contribution is -2.44. The first kappa shape index (κ1) is 20.3. The molecule has 0 aromatic heterocycles. The van der Waals surface area contributed by atoms with Crippen LogP contribution in [0.25, 0.3) is 0 Å². The molecule has 6 heteroatoms. The first-order valence-corrected chi connectivity index (χ1v) is 11.5. The highest BCUT2D eigenvalue weighted by molar-refractivity contribution is 7.89. The first-order valence-electron chi connectivity index (χ1n) is 10.0. The van der Waals surface area contributed by atoms with Crippen molar-refractivity contribution in [1.82, 2.24) is 9.62 Å². The van der Waals surface area contributed by atoms with Crippen LogP contribution in [0.15, 0.2) is 29.2 Å². The molecule has 5 nitrogen and oxygen atoms in total. The SMILES string of the molecule is CC(C)(C)NS(=O)(=O)c1ccc(C(=O)N2CCC3(CCCCC3)CC2)cc1. The van der Waals surface area contributed by atoms with Crippen LogP contribution in [-0.4, -0.2) is 37.9 Å². The molecule has 1 saturated carbocycles. The molecular weight excluding hydrogens is 360 g/mol. The molecule has 3 rings (SSSR count). The van der Waals surface area contributed by atoms with E-state index in [1.807, 2.05) is 4.90 Å². The lowest BCUT2D eigenvalue weighted by atomic mass is 9.68. The zero-order valence-electron chi connectivity index (χ0n) is 16.8. The van der Waals surface area contributed by atoms with Crippen molar-refractivity contribution in [1.29, 1.82) is 0 Å². The van der Waals surface area contributed by atoms with Gasteiger partial charge in [-0.15, -0.1) is 0 Å². The minimum Gasteiger partial charge on any atom is -0.339 e. The van der Waals surface area contributed by atoms with Gasteiger partial charge in [-0.3, -0.25) is 4.79 Å². The Morgan fingerprint density at radius 3 is 2.04 bits per heavy atom. The second kappa shape index (κ2) is 7.55. The van der Waals surface area contributed by atoms with Crippen LogP contribution >= 0.6 is 0 Å². The quantitative estimate of drug-likeness (QED) is 0.847. The minimum atomic E-state index is -3.58. The Kier molecular flexibility index (Phi) is 5.69. The van der Waals surface area contributed by atoms with E-state index < -0.39 is 15.6 Å². The summed E-state index contributed by atoms with van der Waals surface area (Å²) in [5, 5.41) is 0. The minimum absolute atomic E-state index is 0.00777. The second-order valence-electron chi connectivity index (χ2n) is 9.23. The number of nitrogens with zero attached hydrogens (tertiary/aromatic N) is 1. The summed E-state index contributed by atoms with van der Waals surface area (Å²) in [5.74, 6) is 0.00777. The third kappa shape index (κ3) is 4.91. The molecule has 1 aliphatic carbocycles. The van der Waals surface area contributed by atoms with Crippen molar-refractivity contribution >= 4 is 15.9 Å². The molecule has 1 spiro atoms. The second-order valence-corrected chi connectivity index (χ2v) is 10.9. The van der Waals surface area contributed by atoms with Crippen molar-refractivity contribution in [2.24, 2.45) is 5.41 Å². The number of amides is 1. The monoisotopic (exact) mass is 392 g/mol. The molecule has 0 atom stereocenters. The van der Waals surface area contributed by atoms with E-state index in [1.165, 1.54) is 44.2 Å². The third-order valence-corrected chi connectivity index (χ3v) is 7.65. The molecule has 1 aromatic carbocycles. The van der Waals surface area contributed by atoms with E-state index >= 15 is 0 Å². The van der Waals surface area contributed by atoms with E-state index in [0.717, 1.165) is 25.9 Å². The van der Waals surface area contributed by atoms with Gasteiger partial charge in [0.25, 0.3) is 5.91 Å². The third-order valence-electron chi connectivity index (χ3n) is 5.88. The number of hydrogen-bond acceptors (Lipinski definition) is 3. The van der Waals surface area contributed by atoms with E-state index in [-0.39, 0.29) is 10.8 Å². The van der Waals surface area contributed by atoms with Gasteiger partial charge < -0.3 is 4.90 Å². The lowest BCUT2D eigenvalue weighted by molar-refractivity contribution is 0.0472. The van der Waals surface area contributed by atoms with Crippen LogP contribution < -0.4 is 4.72 Å². The van der Waals surface area contributed by atoms with Crippen LogP contribution in [-0.2, 0) is 10.0 Å². The summed E-state index contributed by atoms with van der Waals surface area (Å²) in [5.41, 5.74) is 0.478. The number of piperidine rings is 1. The van der Waals surface area contributed by atoms with E-state index in [4.69, 9.17) is 0 Å². The van der Waals surface area contributed by atoms with Gasteiger partial charge in [0.2, 0.25) is 10.0 Å². The zero-order chi connectivity index (χ0) is 19.7. The number of sulfonamides is 1. The molecule has 1 aliphatic heterocycles. The fourth-order valence-corrected chi connectivity index (χ4v) is 5.83. The van der Waals surface area contributed by atoms with Crippen LogP contribution in [0.1, 0.15) is 76.1 Å². The van der Waals surface area contributed by atoms with Gasteiger partial charge in [-0.1, -0.05) is 19.3 Å². The molecule has 2 aliphatic rings. The summed E-state index contributed by atoms with van der Waals surface area (Å²) in [4.78, 5) is 14.9. The van der Waals surface area contributed by atoms with Gasteiger partial charge in [0.05, 0.1) is 4.90 Å². The number of hydrogen-bond donors (Lipinski definition) is 1. The van der Waals surface area contributed by atoms with Gasteiger partial charge in [-0.2, -0.15) is 0 Å². The Morgan fingerprint density at radius 1 is 0.963 bits per heavy atom. The van der Waals surface area contributed by atoms with Crippen LogP contribution in [0, 0.1) is 5.41 Å². The largest absolute Gasteiger partial charge is 0.339 e. The van der Waals surface area contributed by atoms with Crippen LogP contribution in [0.3, 0.4) is 0 Å². The molecule has 0 bridgehead atoms. The first-order chi connectivity index (χ1) is 12.6. The van der Waals surface area contributed by atoms with Crippen molar-refractivity contribution in [3.05, 3.63) is 29.8 Å². The predicted octanol–water partition coefficient (Wildman–Crippen LogP) is 3.95. The van der Waals surface area contributed by atoms with Crippen molar-refractivity contribution in [2.75, 3.05) is 13.1 Å². The maximum Gasteiger partial charge on any atom is 0.253 e. The van der Waals surface area contributed by atoms with E-state index in [0.29, 0.717) is 11.0 Å². The normalized spacial score (nSPS) is 20.6. The van der Waals surface area contributed by atoms with E-state index in [1.54, 1.807) is 32.9 Å². The number of nitrogens with one attached hydrogen (secondary N) is 1. The molecule has 1 amide bonds. The fraction of sp³-hybridized carbons (Fsp3) is 0.667. The maximum absolute atomic E-state index is 12.8.